The Hall–Kier alpha value is -0.610. The monoisotopic (exact) mass is 175 g/mol. The molecule has 0 aromatic rings. The van der Waals surface area contributed by atoms with Crippen LogP contribution in [0.15, 0.2) is 0 Å². The molecule has 0 radical (unpaired) electrons. The molecular formula is C8H17NO3. The van der Waals surface area contributed by atoms with Crippen molar-refractivity contribution in [2.24, 2.45) is 0 Å². The van der Waals surface area contributed by atoms with E-state index >= 15 is 0 Å². The molecule has 12 heavy (non-hydrogen) atoms. The number of carbonyl (C=O) groups excluding carboxylic acids is 1. The van der Waals surface area contributed by atoms with E-state index in [4.69, 9.17) is 4.74 Å². The van der Waals surface area contributed by atoms with Gasteiger partial charge in [0.25, 0.3) is 0 Å². The predicted octanol–water partition coefficient (Wildman–Crippen LogP) is 0.520. The maximum Gasteiger partial charge on any atom is 0.322 e. The van der Waals surface area contributed by atoms with Crippen molar-refractivity contribution in [3.8, 4) is 0 Å². The Labute approximate surface area is 73.2 Å². The molecule has 4 heteroatoms. The summed E-state index contributed by atoms with van der Waals surface area (Å²) in [5.41, 5.74) is -0.506. The number of hydrogen-bond acceptors (Lipinski definition) is 4. The molecule has 0 saturated heterocycles. The maximum absolute atomic E-state index is 11.0. The van der Waals surface area contributed by atoms with Gasteiger partial charge in [0.2, 0.25) is 0 Å². The highest BCUT2D eigenvalue weighted by Crippen LogP contribution is 2.04. The Morgan fingerprint density at radius 1 is 1.42 bits per heavy atom. The second-order valence-electron chi connectivity index (χ2n) is 3.10. The quantitative estimate of drug-likeness (QED) is 0.500. The Morgan fingerprint density at radius 3 is 2.25 bits per heavy atom. The van der Waals surface area contributed by atoms with Crippen LogP contribution in [0, 0.1) is 0 Å². The van der Waals surface area contributed by atoms with E-state index in [9.17, 15) is 4.79 Å². The first kappa shape index (κ1) is 11.4. The van der Waals surface area contributed by atoms with Gasteiger partial charge in [-0.3, -0.25) is 10.1 Å². The lowest BCUT2D eigenvalue weighted by molar-refractivity contribution is -0.145. The van der Waals surface area contributed by atoms with Crippen LogP contribution < -0.4 is 5.32 Å². The first-order valence-corrected chi connectivity index (χ1v) is 3.83. The van der Waals surface area contributed by atoms with Crippen molar-refractivity contribution in [3.05, 3.63) is 0 Å². The molecule has 72 valence electrons. The van der Waals surface area contributed by atoms with Crippen molar-refractivity contribution in [2.45, 2.75) is 32.5 Å². The average Bonchev–Trinajstić information content (AvgIpc) is 2.02. The summed E-state index contributed by atoms with van der Waals surface area (Å²) >= 11 is 0. The van der Waals surface area contributed by atoms with E-state index in [-0.39, 0.29) is 12.0 Å². The zero-order chi connectivity index (χ0) is 9.78. The van der Waals surface area contributed by atoms with E-state index in [2.05, 4.69) is 10.1 Å². The number of ether oxygens (including phenoxy) is 2. The highest BCUT2D eigenvalue weighted by atomic mass is 16.5. The summed E-state index contributed by atoms with van der Waals surface area (Å²) in [4.78, 5) is 11.0. The van der Waals surface area contributed by atoms with Crippen molar-refractivity contribution in [1.82, 2.24) is 5.32 Å². The Morgan fingerprint density at radius 2 is 1.92 bits per heavy atom. The van der Waals surface area contributed by atoms with E-state index in [1.807, 2.05) is 13.8 Å². The lowest BCUT2D eigenvalue weighted by Crippen LogP contribution is -2.49. The van der Waals surface area contributed by atoms with Gasteiger partial charge in [0.05, 0.1) is 7.11 Å². The fourth-order valence-corrected chi connectivity index (χ4v) is 0.816. The van der Waals surface area contributed by atoms with E-state index in [0.29, 0.717) is 0 Å². The van der Waals surface area contributed by atoms with Crippen LogP contribution in [0.5, 0.6) is 0 Å². The van der Waals surface area contributed by atoms with E-state index < -0.39 is 5.72 Å². The van der Waals surface area contributed by atoms with Gasteiger partial charge in [-0.15, -0.1) is 0 Å². The van der Waals surface area contributed by atoms with Crippen LogP contribution in [0.4, 0.5) is 0 Å². The van der Waals surface area contributed by atoms with Gasteiger partial charge in [-0.2, -0.15) is 0 Å². The van der Waals surface area contributed by atoms with Gasteiger partial charge in [-0.05, 0) is 20.8 Å². The predicted molar refractivity (Wildman–Crippen MR) is 45.7 cm³/mol. The van der Waals surface area contributed by atoms with Crippen LogP contribution in [0.3, 0.4) is 0 Å². The van der Waals surface area contributed by atoms with Crippen LogP contribution in [-0.2, 0) is 14.3 Å². The first-order chi connectivity index (χ1) is 5.43. The molecule has 1 atom stereocenters. The topological polar surface area (TPSA) is 47.6 Å². The van der Waals surface area contributed by atoms with Gasteiger partial charge in [0.1, 0.15) is 11.8 Å². The molecule has 1 unspecified atom stereocenters. The Kier molecular flexibility index (Phi) is 4.20. The maximum atomic E-state index is 11.0. The standard InChI is InChI=1S/C8H17NO3/c1-6(7(10)11-4)9-8(2,3)12-5/h6,9H,1-5H3. The van der Waals surface area contributed by atoms with Crippen LogP contribution in [-0.4, -0.2) is 32.0 Å². The molecule has 0 heterocycles. The molecular weight excluding hydrogens is 158 g/mol. The molecule has 0 aromatic carbocycles. The molecule has 0 spiro atoms. The fraction of sp³-hybridized carbons (Fsp3) is 0.875. The summed E-state index contributed by atoms with van der Waals surface area (Å²) in [5.74, 6) is -0.292. The molecule has 0 aliphatic heterocycles. The Balaban J connectivity index is 3.99. The van der Waals surface area contributed by atoms with Crippen LogP contribution in [0.2, 0.25) is 0 Å². The number of carbonyl (C=O) groups is 1. The lowest BCUT2D eigenvalue weighted by atomic mass is 10.2. The molecule has 4 nitrogen and oxygen atoms in total. The summed E-state index contributed by atoms with van der Waals surface area (Å²) in [5, 5.41) is 2.96. The summed E-state index contributed by atoms with van der Waals surface area (Å²) in [6.45, 7) is 5.41. The minimum atomic E-state index is -0.506. The van der Waals surface area contributed by atoms with Crippen molar-refractivity contribution in [3.63, 3.8) is 0 Å². The van der Waals surface area contributed by atoms with Gasteiger partial charge >= 0.3 is 5.97 Å². The van der Waals surface area contributed by atoms with Crippen molar-refractivity contribution < 1.29 is 14.3 Å². The zero-order valence-electron chi connectivity index (χ0n) is 8.30. The minimum Gasteiger partial charge on any atom is -0.468 e. The molecule has 0 aliphatic carbocycles. The molecule has 0 saturated carbocycles. The smallest absolute Gasteiger partial charge is 0.322 e. The summed E-state index contributed by atoms with van der Waals surface area (Å²) < 4.78 is 9.63. The summed E-state index contributed by atoms with van der Waals surface area (Å²) in [6.07, 6.45) is 0. The number of nitrogens with one attached hydrogen (secondary N) is 1. The molecule has 1 N–H and O–H groups in total. The number of methoxy groups -OCH3 is 2. The fourth-order valence-electron chi connectivity index (χ4n) is 0.816. The zero-order valence-corrected chi connectivity index (χ0v) is 8.30. The van der Waals surface area contributed by atoms with Crippen molar-refractivity contribution in [2.75, 3.05) is 14.2 Å². The minimum absolute atomic E-state index is 0.292. The third-order valence-corrected chi connectivity index (χ3v) is 1.63. The molecule has 0 amide bonds. The average molecular weight is 175 g/mol. The molecule has 0 aromatic heterocycles. The molecule has 0 fully saturated rings. The second kappa shape index (κ2) is 4.42. The molecule has 0 aliphatic rings. The van der Waals surface area contributed by atoms with Crippen LogP contribution >= 0.6 is 0 Å². The van der Waals surface area contributed by atoms with E-state index in [1.54, 1.807) is 14.0 Å². The van der Waals surface area contributed by atoms with Crippen molar-refractivity contribution >= 4 is 5.97 Å². The highest BCUT2D eigenvalue weighted by Gasteiger charge is 2.23. The summed E-state index contributed by atoms with van der Waals surface area (Å²) in [7, 11) is 2.94. The lowest BCUT2D eigenvalue weighted by Gasteiger charge is -2.27. The first-order valence-electron chi connectivity index (χ1n) is 3.83. The largest absolute Gasteiger partial charge is 0.468 e. The van der Waals surface area contributed by atoms with Crippen LogP contribution in [0.1, 0.15) is 20.8 Å². The second-order valence-corrected chi connectivity index (χ2v) is 3.10. The normalized spacial score (nSPS) is 14.1. The molecule has 0 rings (SSSR count). The third-order valence-electron chi connectivity index (χ3n) is 1.63. The SMILES string of the molecule is COC(=O)C(C)NC(C)(C)OC. The number of hydrogen-bond donors (Lipinski definition) is 1. The van der Waals surface area contributed by atoms with Crippen LogP contribution in [0.25, 0.3) is 0 Å². The van der Waals surface area contributed by atoms with Crippen molar-refractivity contribution in [1.29, 1.82) is 0 Å². The van der Waals surface area contributed by atoms with Gasteiger partial charge in [0.15, 0.2) is 0 Å². The number of esters is 1. The highest BCUT2D eigenvalue weighted by molar-refractivity contribution is 5.75. The van der Waals surface area contributed by atoms with E-state index in [1.165, 1.54) is 7.11 Å². The van der Waals surface area contributed by atoms with Gasteiger partial charge < -0.3 is 9.47 Å². The van der Waals surface area contributed by atoms with Gasteiger partial charge in [0, 0.05) is 7.11 Å². The van der Waals surface area contributed by atoms with Gasteiger partial charge in [-0.1, -0.05) is 0 Å². The van der Waals surface area contributed by atoms with Gasteiger partial charge in [-0.25, -0.2) is 0 Å². The summed E-state index contributed by atoms with van der Waals surface area (Å²) in [6, 6.07) is -0.357. The third kappa shape index (κ3) is 3.69. The molecule has 0 bridgehead atoms. The van der Waals surface area contributed by atoms with E-state index in [0.717, 1.165) is 0 Å². The Bertz CT molecular complexity index is 156. The number of rotatable bonds is 4.